The predicted molar refractivity (Wildman–Crippen MR) is 111 cm³/mol. The van der Waals surface area contributed by atoms with E-state index in [4.69, 9.17) is 9.47 Å². The molecule has 0 fully saturated rings. The zero-order valence-electron chi connectivity index (χ0n) is 16.5. The molecule has 7 heteroatoms. The molecule has 0 heterocycles. The van der Waals surface area contributed by atoms with Crippen molar-refractivity contribution in [3.8, 4) is 16.9 Å². The third-order valence-corrected chi connectivity index (χ3v) is 4.39. The lowest BCUT2D eigenvalue weighted by molar-refractivity contribution is -0.137. The molecular weight excluding hydrogens is 388 g/mol. The summed E-state index contributed by atoms with van der Waals surface area (Å²) >= 11 is 0. The lowest BCUT2D eigenvalue weighted by atomic mass is 9.95. The number of esters is 1. The normalized spacial score (nSPS) is 10.3. The van der Waals surface area contributed by atoms with Crippen LogP contribution < -0.4 is 4.74 Å². The number of carboxylic acid groups (broad SMARTS) is 2. The molecule has 0 saturated heterocycles. The van der Waals surface area contributed by atoms with Gasteiger partial charge in [-0.25, -0.2) is 14.4 Å². The number of aromatic carboxylic acids is 2. The fourth-order valence-corrected chi connectivity index (χ4v) is 2.91. The molecule has 2 aromatic rings. The van der Waals surface area contributed by atoms with E-state index in [9.17, 15) is 24.6 Å². The number of hydrogen-bond acceptors (Lipinski definition) is 5. The van der Waals surface area contributed by atoms with Crippen molar-refractivity contribution in [1.82, 2.24) is 0 Å². The van der Waals surface area contributed by atoms with E-state index < -0.39 is 17.9 Å². The smallest absolute Gasteiger partial charge is 0.337 e. The van der Waals surface area contributed by atoms with Gasteiger partial charge in [0.25, 0.3) is 0 Å². The van der Waals surface area contributed by atoms with Gasteiger partial charge in [-0.15, -0.1) is 0 Å². The van der Waals surface area contributed by atoms with E-state index >= 15 is 0 Å². The Labute approximate surface area is 174 Å². The fraction of sp³-hybridized carbons (Fsp3) is 0.261. The highest BCUT2D eigenvalue weighted by Gasteiger charge is 2.20. The van der Waals surface area contributed by atoms with Crippen molar-refractivity contribution in [2.24, 2.45) is 0 Å². The Morgan fingerprint density at radius 2 is 1.53 bits per heavy atom. The van der Waals surface area contributed by atoms with Gasteiger partial charge in [0, 0.05) is 6.08 Å². The molecule has 0 aromatic heterocycles. The number of carbonyl (C=O) groups excluding carboxylic acids is 1. The molecule has 158 valence electrons. The lowest BCUT2D eigenvalue weighted by Crippen LogP contribution is -2.09. The maximum Gasteiger partial charge on any atom is 0.337 e. The van der Waals surface area contributed by atoms with Crippen LogP contribution in [-0.4, -0.2) is 41.3 Å². The van der Waals surface area contributed by atoms with E-state index in [0.717, 1.165) is 31.8 Å². The number of carboxylic acids is 2. The number of unbranched alkanes of at least 4 members (excludes halogenated alkanes) is 3. The highest BCUT2D eigenvalue weighted by atomic mass is 16.5. The molecule has 0 atom stereocenters. The third kappa shape index (κ3) is 6.48. The summed E-state index contributed by atoms with van der Waals surface area (Å²) in [6.07, 6.45) is 4.64. The average molecular weight is 412 g/mol. The highest BCUT2D eigenvalue weighted by Crippen LogP contribution is 2.28. The standard InChI is InChI=1S/C23H24O7/c1-2-20(24)30-15-6-4-3-5-14-29-17-12-10-16(11-13-17)18-8-7-9-19(22(25)26)21(18)23(27)28/h2,7-13H,1,3-6,14-15H2,(H,25,26)(H,27,28). The third-order valence-electron chi connectivity index (χ3n) is 4.39. The molecule has 0 unspecified atom stereocenters. The first-order chi connectivity index (χ1) is 14.4. The number of ether oxygens (including phenoxy) is 2. The number of rotatable bonds is 12. The van der Waals surface area contributed by atoms with Crippen molar-refractivity contribution in [2.45, 2.75) is 25.7 Å². The van der Waals surface area contributed by atoms with Gasteiger partial charge in [-0.3, -0.25) is 0 Å². The minimum absolute atomic E-state index is 0.238. The second-order valence-corrected chi connectivity index (χ2v) is 6.50. The average Bonchev–Trinajstić information content (AvgIpc) is 2.75. The lowest BCUT2D eigenvalue weighted by Gasteiger charge is -2.11. The topological polar surface area (TPSA) is 110 Å². The van der Waals surface area contributed by atoms with Crippen LogP contribution in [0.1, 0.15) is 46.4 Å². The molecule has 30 heavy (non-hydrogen) atoms. The minimum atomic E-state index is -1.29. The van der Waals surface area contributed by atoms with Crippen LogP contribution in [0, 0.1) is 0 Å². The Morgan fingerprint density at radius 3 is 2.13 bits per heavy atom. The van der Waals surface area contributed by atoms with Crippen molar-refractivity contribution in [1.29, 1.82) is 0 Å². The highest BCUT2D eigenvalue weighted by molar-refractivity contribution is 6.06. The van der Waals surface area contributed by atoms with Crippen molar-refractivity contribution in [2.75, 3.05) is 13.2 Å². The van der Waals surface area contributed by atoms with E-state index in [0.29, 0.717) is 30.1 Å². The summed E-state index contributed by atoms with van der Waals surface area (Å²) in [6.45, 7) is 4.25. The van der Waals surface area contributed by atoms with Crippen LogP contribution in [0.25, 0.3) is 11.1 Å². The zero-order valence-corrected chi connectivity index (χ0v) is 16.5. The molecule has 7 nitrogen and oxygen atoms in total. The molecular formula is C23H24O7. The summed E-state index contributed by atoms with van der Waals surface area (Å²) in [5, 5.41) is 18.7. The van der Waals surface area contributed by atoms with Gasteiger partial charge >= 0.3 is 17.9 Å². The molecule has 2 N–H and O–H groups in total. The Hall–Kier alpha value is -3.61. The largest absolute Gasteiger partial charge is 0.494 e. The number of carbonyl (C=O) groups is 3. The van der Waals surface area contributed by atoms with Crippen LogP contribution in [0.4, 0.5) is 0 Å². The molecule has 0 spiro atoms. The Kier molecular flexibility index (Phi) is 8.62. The van der Waals surface area contributed by atoms with Crippen LogP contribution in [0.5, 0.6) is 5.75 Å². The predicted octanol–water partition coefficient (Wildman–Crippen LogP) is 4.42. The van der Waals surface area contributed by atoms with Crippen LogP contribution in [0.15, 0.2) is 55.1 Å². The van der Waals surface area contributed by atoms with Crippen LogP contribution in [0.2, 0.25) is 0 Å². The van der Waals surface area contributed by atoms with E-state index in [2.05, 4.69) is 6.58 Å². The minimum Gasteiger partial charge on any atom is -0.494 e. The van der Waals surface area contributed by atoms with Crippen molar-refractivity contribution in [3.05, 3.63) is 66.2 Å². The summed E-state index contributed by atoms with van der Waals surface area (Å²) in [5.41, 5.74) is 0.444. The summed E-state index contributed by atoms with van der Waals surface area (Å²) in [5.74, 6) is -2.34. The van der Waals surface area contributed by atoms with E-state index in [-0.39, 0.29) is 11.1 Å². The molecule has 0 aliphatic carbocycles. The number of benzene rings is 2. The monoisotopic (exact) mass is 412 g/mol. The van der Waals surface area contributed by atoms with Gasteiger partial charge in [0.1, 0.15) is 5.75 Å². The Bertz CT molecular complexity index is 900. The number of hydrogen-bond donors (Lipinski definition) is 2. The van der Waals surface area contributed by atoms with Gasteiger partial charge in [-0.05, 0) is 55.0 Å². The summed E-state index contributed by atoms with van der Waals surface area (Å²) in [7, 11) is 0. The zero-order chi connectivity index (χ0) is 21.9. The van der Waals surface area contributed by atoms with Crippen LogP contribution in [0.3, 0.4) is 0 Å². The molecule has 0 amide bonds. The Morgan fingerprint density at radius 1 is 0.867 bits per heavy atom. The van der Waals surface area contributed by atoms with E-state index in [1.807, 2.05) is 0 Å². The van der Waals surface area contributed by atoms with E-state index in [1.54, 1.807) is 30.3 Å². The first-order valence-electron chi connectivity index (χ1n) is 9.56. The molecule has 0 saturated carbocycles. The van der Waals surface area contributed by atoms with Gasteiger partial charge in [-0.1, -0.05) is 30.8 Å². The quantitative estimate of drug-likeness (QED) is 0.302. The molecule has 0 aliphatic heterocycles. The SMILES string of the molecule is C=CC(=O)OCCCCCCOc1ccc(-c2cccc(C(=O)O)c2C(=O)O)cc1. The summed E-state index contributed by atoms with van der Waals surface area (Å²) in [4.78, 5) is 33.8. The van der Waals surface area contributed by atoms with Gasteiger partial charge in [-0.2, -0.15) is 0 Å². The maximum atomic E-state index is 11.6. The molecule has 0 aliphatic rings. The van der Waals surface area contributed by atoms with Crippen molar-refractivity contribution in [3.63, 3.8) is 0 Å². The Balaban J connectivity index is 1.87. The molecule has 0 radical (unpaired) electrons. The van der Waals surface area contributed by atoms with Crippen LogP contribution in [-0.2, 0) is 9.53 Å². The second kappa shape index (κ2) is 11.4. The van der Waals surface area contributed by atoms with Gasteiger partial charge in [0.2, 0.25) is 0 Å². The fourth-order valence-electron chi connectivity index (χ4n) is 2.91. The molecule has 0 bridgehead atoms. The van der Waals surface area contributed by atoms with Gasteiger partial charge < -0.3 is 19.7 Å². The second-order valence-electron chi connectivity index (χ2n) is 6.50. The summed E-state index contributed by atoms with van der Waals surface area (Å²) in [6, 6.07) is 11.2. The first kappa shape index (κ1) is 22.7. The maximum absolute atomic E-state index is 11.6. The molecule has 2 rings (SSSR count). The van der Waals surface area contributed by atoms with E-state index in [1.165, 1.54) is 12.1 Å². The summed E-state index contributed by atoms with van der Waals surface area (Å²) < 4.78 is 10.6. The van der Waals surface area contributed by atoms with Crippen LogP contribution >= 0.6 is 0 Å². The van der Waals surface area contributed by atoms with Crippen molar-refractivity contribution >= 4 is 17.9 Å². The van der Waals surface area contributed by atoms with Gasteiger partial charge in [0.15, 0.2) is 0 Å². The first-order valence-corrected chi connectivity index (χ1v) is 9.56. The van der Waals surface area contributed by atoms with Crippen molar-refractivity contribution < 1.29 is 34.1 Å². The molecule has 2 aromatic carbocycles. The van der Waals surface area contributed by atoms with Gasteiger partial charge in [0.05, 0.1) is 24.3 Å².